The van der Waals surface area contributed by atoms with Crippen LogP contribution >= 0.6 is 0 Å². The molecule has 0 bridgehead atoms. The molecule has 6 heteroatoms. The van der Waals surface area contributed by atoms with Crippen molar-refractivity contribution < 1.29 is 28.6 Å². The van der Waals surface area contributed by atoms with E-state index in [-0.39, 0.29) is 31.1 Å². The average Bonchev–Trinajstić information content (AvgIpc) is 3.35. The molecule has 0 aliphatic carbocycles. The van der Waals surface area contributed by atoms with Crippen molar-refractivity contribution >= 4 is 17.9 Å². The molecule has 0 N–H and O–H groups in total. The van der Waals surface area contributed by atoms with E-state index in [1.807, 2.05) is 0 Å². The van der Waals surface area contributed by atoms with Crippen LogP contribution < -0.4 is 0 Å². The van der Waals surface area contributed by atoms with Gasteiger partial charge in [-0.05, 0) is 70.6 Å². The fourth-order valence-electron chi connectivity index (χ4n) is 9.26. The molecule has 406 valence electrons. The third-order valence-electron chi connectivity index (χ3n) is 13.9. The Balaban J connectivity index is 4.29. The van der Waals surface area contributed by atoms with Crippen LogP contribution in [-0.2, 0) is 28.6 Å². The molecule has 0 unspecified atom stereocenters. The van der Waals surface area contributed by atoms with Crippen LogP contribution in [0, 0.1) is 0 Å². The number of rotatable bonds is 57. The maximum Gasteiger partial charge on any atom is 0.306 e. The van der Waals surface area contributed by atoms with Gasteiger partial charge in [0.2, 0.25) is 0 Å². The first-order valence-corrected chi connectivity index (χ1v) is 30.8. The maximum atomic E-state index is 12.9. The zero-order valence-corrected chi connectivity index (χ0v) is 46.6. The predicted octanol–water partition coefficient (Wildman–Crippen LogP) is 20.7. The number of carbonyl (C=O) groups excluding carboxylic acids is 3. The summed E-state index contributed by atoms with van der Waals surface area (Å²) in [5.41, 5.74) is 0. The molecule has 0 aromatic carbocycles. The Bertz CT molecular complexity index is 1110. The zero-order valence-electron chi connectivity index (χ0n) is 46.6. The van der Waals surface area contributed by atoms with E-state index in [2.05, 4.69) is 45.1 Å². The molecule has 0 spiro atoms. The first-order chi connectivity index (χ1) is 34.0. The minimum Gasteiger partial charge on any atom is -0.462 e. The molecule has 0 aromatic heterocycles. The number of carbonyl (C=O) groups is 3. The maximum absolute atomic E-state index is 12.9. The highest BCUT2D eigenvalue weighted by Gasteiger charge is 2.19. The Morgan fingerprint density at radius 1 is 0.275 bits per heavy atom. The van der Waals surface area contributed by atoms with Crippen LogP contribution in [0.2, 0.25) is 0 Å². The Labute approximate surface area is 430 Å². The lowest BCUT2D eigenvalue weighted by atomic mass is 10.0. The van der Waals surface area contributed by atoms with Gasteiger partial charge in [0.15, 0.2) is 6.10 Å². The van der Waals surface area contributed by atoms with Crippen LogP contribution in [0.4, 0.5) is 0 Å². The number of unbranched alkanes of at least 4 members (excludes halogenated alkanes) is 42. The van der Waals surface area contributed by atoms with E-state index in [9.17, 15) is 14.4 Å². The van der Waals surface area contributed by atoms with Crippen molar-refractivity contribution in [2.24, 2.45) is 0 Å². The Kier molecular flexibility index (Phi) is 56.7. The number of hydrogen-bond donors (Lipinski definition) is 0. The van der Waals surface area contributed by atoms with Gasteiger partial charge in [0, 0.05) is 19.3 Å². The summed E-state index contributed by atoms with van der Waals surface area (Å²) < 4.78 is 16.9. The van der Waals surface area contributed by atoms with E-state index in [4.69, 9.17) is 14.2 Å². The summed E-state index contributed by atoms with van der Waals surface area (Å²) in [4.78, 5) is 38.2. The molecule has 69 heavy (non-hydrogen) atoms. The topological polar surface area (TPSA) is 78.9 Å². The molecule has 0 saturated heterocycles. The van der Waals surface area contributed by atoms with Gasteiger partial charge in [0.25, 0.3) is 0 Å². The van der Waals surface area contributed by atoms with Crippen LogP contribution in [0.1, 0.15) is 342 Å². The second-order valence-corrected chi connectivity index (χ2v) is 21.0. The van der Waals surface area contributed by atoms with Crippen LogP contribution in [0.3, 0.4) is 0 Å². The highest BCUT2D eigenvalue weighted by Crippen LogP contribution is 2.17. The summed E-state index contributed by atoms with van der Waals surface area (Å²) in [5, 5.41) is 0. The van der Waals surface area contributed by atoms with Gasteiger partial charge >= 0.3 is 17.9 Å². The van der Waals surface area contributed by atoms with Gasteiger partial charge in [0.1, 0.15) is 13.2 Å². The molecule has 1 atom stereocenters. The Morgan fingerprint density at radius 2 is 0.478 bits per heavy atom. The molecule has 0 rings (SSSR count). The number of hydrogen-bond acceptors (Lipinski definition) is 6. The summed E-state index contributed by atoms with van der Waals surface area (Å²) in [6.07, 6.45) is 68.9. The molecule has 0 heterocycles. The van der Waals surface area contributed by atoms with E-state index < -0.39 is 6.10 Å². The number of ether oxygens (including phenoxy) is 3. The van der Waals surface area contributed by atoms with E-state index >= 15 is 0 Å². The highest BCUT2D eigenvalue weighted by atomic mass is 16.6. The third-order valence-corrected chi connectivity index (χ3v) is 13.9. The summed E-state index contributed by atoms with van der Waals surface area (Å²) in [6.45, 7) is 6.67. The third kappa shape index (κ3) is 56.7. The van der Waals surface area contributed by atoms with Gasteiger partial charge in [-0.15, -0.1) is 0 Å². The van der Waals surface area contributed by atoms with Crippen molar-refractivity contribution in [3.63, 3.8) is 0 Å². The van der Waals surface area contributed by atoms with Crippen LogP contribution in [-0.4, -0.2) is 37.2 Å². The van der Waals surface area contributed by atoms with Crippen LogP contribution in [0.15, 0.2) is 24.3 Å². The van der Waals surface area contributed by atoms with E-state index in [0.29, 0.717) is 19.3 Å². The molecular weight excluding hydrogens is 853 g/mol. The number of esters is 3. The average molecular weight is 972 g/mol. The summed E-state index contributed by atoms with van der Waals surface area (Å²) >= 11 is 0. The SMILES string of the molecule is CCCCCC/C=C\CCCCCCCC(=O)OC[C@H](COC(=O)CCCCCCCCCCCCCCCCCCC)OC(=O)CCCCCCCCCCCCC/C=C\CCCCCCCC. The minimum absolute atomic E-state index is 0.0691. The first-order valence-electron chi connectivity index (χ1n) is 30.8. The van der Waals surface area contributed by atoms with Gasteiger partial charge < -0.3 is 14.2 Å². The molecule has 0 amide bonds. The molecule has 0 aliphatic rings. The van der Waals surface area contributed by atoms with Crippen molar-refractivity contribution in [1.29, 1.82) is 0 Å². The quantitative estimate of drug-likeness (QED) is 0.0261. The van der Waals surface area contributed by atoms with E-state index in [1.54, 1.807) is 0 Å². The van der Waals surface area contributed by atoms with Gasteiger partial charge in [-0.1, -0.05) is 276 Å². The lowest BCUT2D eigenvalue weighted by Crippen LogP contribution is -2.30. The largest absolute Gasteiger partial charge is 0.462 e. The van der Waals surface area contributed by atoms with Gasteiger partial charge in [0.05, 0.1) is 0 Å². The summed E-state index contributed by atoms with van der Waals surface area (Å²) in [6, 6.07) is 0. The molecule has 0 radical (unpaired) electrons. The normalized spacial score (nSPS) is 12.1. The van der Waals surface area contributed by atoms with Crippen LogP contribution in [0.25, 0.3) is 0 Å². The van der Waals surface area contributed by atoms with Crippen molar-refractivity contribution in [3.8, 4) is 0 Å². The Morgan fingerprint density at radius 3 is 0.739 bits per heavy atom. The van der Waals surface area contributed by atoms with Gasteiger partial charge in [-0.25, -0.2) is 0 Å². The van der Waals surface area contributed by atoms with E-state index in [1.165, 1.54) is 238 Å². The van der Waals surface area contributed by atoms with Crippen molar-refractivity contribution in [2.45, 2.75) is 348 Å². The summed E-state index contributed by atoms with van der Waals surface area (Å²) in [5.74, 6) is -0.855. The molecule has 0 saturated carbocycles. The van der Waals surface area contributed by atoms with Crippen molar-refractivity contribution in [2.75, 3.05) is 13.2 Å². The molecular formula is C63H118O6. The summed E-state index contributed by atoms with van der Waals surface area (Å²) in [7, 11) is 0. The Hall–Kier alpha value is -2.11. The number of allylic oxidation sites excluding steroid dienone is 4. The van der Waals surface area contributed by atoms with Gasteiger partial charge in [-0.2, -0.15) is 0 Å². The zero-order chi connectivity index (χ0) is 50.0. The first kappa shape index (κ1) is 66.9. The lowest BCUT2D eigenvalue weighted by molar-refractivity contribution is -0.167. The second kappa shape index (κ2) is 58.5. The van der Waals surface area contributed by atoms with Crippen LogP contribution in [0.5, 0.6) is 0 Å². The standard InChI is InChI=1S/C63H118O6/c1-4-7-10-13-16-19-22-25-27-29-30-31-32-34-36-39-42-45-48-51-54-57-63(66)69-60(58-67-61(64)55-52-49-46-43-40-37-24-21-18-15-12-9-6-3)59-68-62(65)56-53-50-47-44-41-38-35-33-28-26-23-20-17-14-11-8-5-2/h21,24-25,27,60H,4-20,22-23,26,28-59H2,1-3H3/b24-21-,27-25-/t60-/m1/s1. The van der Waals surface area contributed by atoms with Crippen molar-refractivity contribution in [1.82, 2.24) is 0 Å². The fraction of sp³-hybridized carbons (Fsp3) is 0.889. The molecule has 6 nitrogen and oxygen atoms in total. The molecule has 0 fully saturated rings. The predicted molar refractivity (Wildman–Crippen MR) is 298 cm³/mol. The smallest absolute Gasteiger partial charge is 0.306 e. The fourth-order valence-corrected chi connectivity index (χ4v) is 9.26. The monoisotopic (exact) mass is 971 g/mol. The second-order valence-electron chi connectivity index (χ2n) is 21.0. The minimum atomic E-state index is -0.771. The molecule has 0 aromatic rings. The van der Waals surface area contributed by atoms with Crippen molar-refractivity contribution in [3.05, 3.63) is 24.3 Å². The van der Waals surface area contributed by atoms with E-state index in [0.717, 1.165) is 64.2 Å². The molecule has 0 aliphatic heterocycles. The lowest BCUT2D eigenvalue weighted by Gasteiger charge is -2.18. The van der Waals surface area contributed by atoms with Gasteiger partial charge in [-0.3, -0.25) is 14.4 Å². The highest BCUT2D eigenvalue weighted by molar-refractivity contribution is 5.71.